The lowest BCUT2D eigenvalue weighted by Crippen LogP contribution is -2.43. The van der Waals surface area contributed by atoms with Crippen LogP contribution < -0.4 is 0 Å². The summed E-state index contributed by atoms with van der Waals surface area (Å²) in [5.74, 6) is 0. The molecule has 0 amide bonds. The van der Waals surface area contributed by atoms with E-state index in [0.717, 1.165) is 32.7 Å². The Balaban J connectivity index is 2.17. The van der Waals surface area contributed by atoms with Crippen LogP contribution in [0.3, 0.4) is 0 Å². The van der Waals surface area contributed by atoms with Gasteiger partial charge in [0.15, 0.2) is 0 Å². The molecule has 4 heteroatoms. The summed E-state index contributed by atoms with van der Waals surface area (Å²) in [4.78, 5) is 2.22. The molecule has 16 heavy (non-hydrogen) atoms. The van der Waals surface area contributed by atoms with Gasteiger partial charge in [0, 0.05) is 19.6 Å². The highest BCUT2D eigenvalue weighted by atomic mass is 16.5. The second kappa shape index (κ2) is 6.55. The lowest BCUT2D eigenvalue weighted by atomic mass is 10.1. The second-order valence-corrected chi connectivity index (χ2v) is 4.99. The summed E-state index contributed by atoms with van der Waals surface area (Å²) < 4.78 is 10.9. The third-order valence-electron chi connectivity index (χ3n) is 3.09. The van der Waals surface area contributed by atoms with Crippen LogP contribution in [0.25, 0.3) is 0 Å². The van der Waals surface area contributed by atoms with Crippen LogP contribution in [0.2, 0.25) is 0 Å². The highest BCUT2D eigenvalue weighted by molar-refractivity contribution is 4.70. The summed E-state index contributed by atoms with van der Waals surface area (Å²) in [5, 5.41) is 9.85. The molecular formula is C12H25NO3. The number of hydrogen-bond acceptors (Lipinski definition) is 4. The predicted molar refractivity (Wildman–Crippen MR) is 63.6 cm³/mol. The van der Waals surface area contributed by atoms with Crippen LogP contribution in [0.4, 0.5) is 0 Å². The van der Waals surface area contributed by atoms with E-state index in [4.69, 9.17) is 9.47 Å². The minimum atomic E-state index is -0.399. The molecule has 0 aromatic heterocycles. The molecule has 0 bridgehead atoms. The van der Waals surface area contributed by atoms with E-state index in [-0.39, 0.29) is 5.60 Å². The van der Waals surface area contributed by atoms with Gasteiger partial charge in [-0.15, -0.1) is 0 Å². The molecule has 0 radical (unpaired) electrons. The van der Waals surface area contributed by atoms with Crippen molar-refractivity contribution >= 4 is 0 Å². The van der Waals surface area contributed by atoms with Crippen LogP contribution in [0.1, 0.15) is 27.2 Å². The van der Waals surface area contributed by atoms with Crippen LogP contribution in [0, 0.1) is 0 Å². The van der Waals surface area contributed by atoms with Crippen molar-refractivity contribution in [2.45, 2.75) is 38.9 Å². The predicted octanol–water partition coefficient (Wildman–Crippen LogP) is 0.885. The fourth-order valence-electron chi connectivity index (χ4n) is 1.56. The van der Waals surface area contributed by atoms with E-state index in [1.165, 1.54) is 0 Å². The van der Waals surface area contributed by atoms with Crippen molar-refractivity contribution in [2.24, 2.45) is 0 Å². The number of aliphatic hydroxyl groups is 1. The first kappa shape index (κ1) is 13.9. The summed E-state index contributed by atoms with van der Waals surface area (Å²) >= 11 is 0. The van der Waals surface area contributed by atoms with Crippen molar-refractivity contribution in [1.82, 2.24) is 4.90 Å². The van der Waals surface area contributed by atoms with Gasteiger partial charge in [0.05, 0.1) is 31.5 Å². The van der Waals surface area contributed by atoms with E-state index < -0.39 is 6.10 Å². The average molecular weight is 231 g/mol. The number of hydrogen-bond donors (Lipinski definition) is 1. The zero-order valence-electron chi connectivity index (χ0n) is 10.7. The number of aliphatic hydroxyl groups excluding tert-OH is 1. The van der Waals surface area contributed by atoms with Crippen molar-refractivity contribution in [2.75, 3.05) is 39.5 Å². The molecule has 1 aliphatic rings. The Kier molecular flexibility index (Phi) is 5.69. The standard InChI is InChI=1S/C12H25NO3/c1-4-12(2,3)16-10-11(14)9-13-5-7-15-8-6-13/h11,14H,4-10H2,1-3H3/t11-/m1/s1. The van der Waals surface area contributed by atoms with E-state index in [1.54, 1.807) is 0 Å². The number of β-amino-alcohol motifs (C(OH)–C–C–N with tert-alkyl or cyclic N) is 1. The quantitative estimate of drug-likeness (QED) is 0.737. The third-order valence-corrected chi connectivity index (χ3v) is 3.09. The maximum absolute atomic E-state index is 9.85. The highest BCUT2D eigenvalue weighted by Crippen LogP contribution is 2.13. The van der Waals surface area contributed by atoms with Crippen molar-refractivity contribution in [1.29, 1.82) is 0 Å². The number of rotatable bonds is 6. The molecule has 4 nitrogen and oxygen atoms in total. The van der Waals surface area contributed by atoms with Gasteiger partial charge in [-0.3, -0.25) is 4.90 Å². The Hall–Kier alpha value is -0.160. The summed E-state index contributed by atoms with van der Waals surface area (Å²) in [6.45, 7) is 10.7. The maximum Gasteiger partial charge on any atom is 0.0900 e. The summed E-state index contributed by atoms with van der Waals surface area (Å²) in [6, 6.07) is 0. The topological polar surface area (TPSA) is 41.9 Å². The molecule has 0 aromatic rings. The third kappa shape index (κ3) is 5.25. The van der Waals surface area contributed by atoms with Gasteiger partial charge in [-0.2, -0.15) is 0 Å². The molecule has 1 heterocycles. The van der Waals surface area contributed by atoms with Crippen LogP contribution in [-0.4, -0.2) is 61.2 Å². The van der Waals surface area contributed by atoms with Gasteiger partial charge < -0.3 is 14.6 Å². The Bertz CT molecular complexity index is 191. The van der Waals surface area contributed by atoms with E-state index in [2.05, 4.69) is 25.7 Å². The zero-order valence-corrected chi connectivity index (χ0v) is 10.7. The maximum atomic E-state index is 9.85. The van der Waals surface area contributed by atoms with Crippen molar-refractivity contribution in [3.8, 4) is 0 Å². The zero-order chi connectivity index (χ0) is 12.0. The van der Waals surface area contributed by atoms with Gasteiger partial charge in [-0.1, -0.05) is 6.92 Å². The average Bonchev–Trinajstić information content (AvgIpc) is 2.28. The molecule has 1 atom stereocenters. The molecule has 0 spiro atoms. The molecule has 1 aliphatic heterocycles. The van der Waals surface area contributed by atoms with Crippen LogP contribution in [0.15, 0.2) is 0 Å². The molecule has 0 aliphatic carbocycles. The fourth-order valence-corrected chi connectivity index (χ4v) is 1.56. The van der Waals surface area contributed by atoms with E-state index in [0.29, 0.717) is 13.2 Å². The first-order valence-corrected chi connectivity index (χ1v) is 6.15. The van der Waals surface area contributed by atoms with E-state index in [9.17, 15) is 5.11 Å². The Morgan fingerprint density at radius 1 is 1.38 bits per heavy atom. The van der Waals surface area contributed by atoms with Crippen LogP contribution in [0.5, 0.6) is 0 Å². The van der Waals surface area contributed by atoms with Gasteiger partial charge in [0.1, 0.15) is 0 Å². The van der Waals surface area contributed by atoms with Crippen molar-refractivity contribution in [3.63, 3.8) is 0 Å². The molecule has 96 valence electrons. The Morgan fingerprint density at radius 2 is 2.00 bits per heavy atom. The van der Waals surface area contributed by atoms with Gasteiger partial charge in [-0.25, -0.2) is 0 Å². The molecule has 1 rings (SSSR count). The second-order valence-electron chi connectivity index (χ2n) is 4.99. The smallest absolute Gasteiger partial charge is 0.0900 e. The largest absolute Gasteiger partial charge is 0.389 e. The Labute approximate surface area is 98.5 Å². The summed E-state index contributed by atoms with van der Waals surface area (Å²) in [6.07, 6.45) is 0.556. The molecule has 1 saturated heterocycles. The SMILES string of the molecule is CCC(C)(C)OC[C@H](O)CN1CCOCC1. The van der Waals surface area contributed by atoms with E-state index in [1.807, 2.05) is 0 Å². The van der Waals surface area contributed by atoms with E-state index >= 15 is 0 Å². The van der Waals surface area contributed by atoms with Gasteiger partial charge in [-0.05, 0) is 20.3 Å². The first-order valence-electron chi connectivity index (χ1n) is 6.15. The van der Waals surface area contributed by atoms with Crippen molar-refractivity contribution in [3.05, 3.63) is 0 Å². The van der Waals surface area contributed by atoms with Gasteiger partial charge >= 0.3 is 0 Å². The Morgan fingerprint density at radius 3 is 2.56 bits per heavy atom. The van der Waals surface area contributed by atoms with Gasteiger partial charge in [0.25, 0.3) is 0 Å². The summed E-state index contributed by atoms with van der Waals surface area (Å²) in [7, 11) is 0. The normalized spacial score (nSPS) is 21.0. The van der Waals surface area contributed by atoms with Crippen LogP contribution in [-0.2, 0) is 9.47 Å². The minimum Gasteiger partial charge on any atom is -0.389 e. The van der Waals surface area contributed by atoms with Crippen molar-refractivity contribution < 1.29 is 14.6 Å². The fraction of sp³-hybridized carbons (Fsp3) is 1.00. The highest BCUT2D eigenvalue weighted by Gasteiger charge is 2.19. The molecule has 0 aromatic carbocycles. The lowest BCUT2D eigenvalue weighted by molar-refractivity contribution is -0.0729. The van der Waals surface area contributed by atoms with Crippen LogP contribution >= 0.6 is 0 Å². The molecular weight excluding hydrogens is 206 g/mol. The molecule has 0 unspecified atom stereocenters. The number of nitrogens with zero attached hydrogens (tertiary/aromatic N) is 1. The molecule has 0 saturated carbocycles. The first-order chi connectivity index (χ1) is 7.53. The lowest BCUT2D eigenvalue weighted by Gasteiger charge is -2.30. The van der Waals surface area contributed by atoms with Gasteiger partial charge in [0.2, 0.25) is 0 Å². The minimum absolute atomic E-state index is 0.133. The number of ether oxygens (including phenoxy) is 2. The number of morpholine rings is 1. The molecule has 1 N–H and O–H groups in total. The monoisotopic (exact) mass is 231 g/mol. The molecule has 1 fully saturated rings. The summed E-state index contributed by atoms with van der Waals surface area (Å²) in [5.41, 5.74) is -0.133.